The van der Waals surface area contributed by atoms with Crippen molar-refractivity contribution in [1.82, 2.24) is 9.80 Å². The SMILES string of the molecule is COc1ccc(CN(C)C(=O)c2cccc(CN3CCOCC3)c2)cc1. The molecule has 1 heterocycles. The van der Waals surface area contributed by atoms with Crippen LogP contribution in [0, 0.1) is 0 Å². The van der Waals surface area contributed by atoms with Gasteiger partial charge in [0.2, 0.25) is 0 Å². The summed E-state index contributed by atoms with van der Waals surface area (Å²) in [5.74, 6) is 0.850. The lowest BCUT2D eigenvalue weighted by molar-refractivity contribution is 0.0341. The molecule has 1 fully saturated rings. The molecule has 138 valence electrons. The minimum absolute atomic E-state index is 0.0321. The second kappa shape index (κ2) is 8.83. The Hall–Kier alpha value is -2.37. The third-order valence-corrected chi connectivity index (χ3v) is 4.61. The minimum Gasteiger partial charge on any atom is -0.497 e. The molecule has 1 aliphatic heterocycles. The first kappa shape index (κ1) is 18.4. The van der Waals surface area contributed by atoms with E-state index in [9.17, 15) is 4.79 Å². The van der Waals surface area contributed by atoms with E-state index in [-0.39, 0.29) is 5.91 Å². The Morgan fingerprint density at radius 2 is 1.85 bits per heavy atom. The summed E-state index contributed by atoms with van der Waals surface area (Å²) in [5, 5.41) is 0. The van der Waals surface area contributed by atoms with Crippen LogP contribution in [-0.4, -0.2) is 56.2 Å². The van der Waals surface area contributed by atoms with Crippen LogP contribution in [0.1, 0.15) is 21.5 Å². The number of benzene rings is 2. The second-order valence-corrected chi connectivity index (χ2v) is 6.60. The van der Waals surface area contributed by atoms with Gasteiger partial charge >= 0.3 is 0 Å². The van der Waals surface area contributed by atoms with Gasteiger partial charge in [-0.3, -0.25) is 9.69 Å². The molecular formula is C21H26N2O3. The van der Waals surface area contributed by atoms with Crippen molar-refractivity contribution in [3.8, 4) is 5.75 Å². The van der Waals surface area contributed by atoms with Gasteiger partial charge in [-0.1, -0.05) is 24.3 Å². The van der Waals surface area contributed by atoms with E-state index in [1.54, 1.807) is 12.0 Å². The first-order valence-electron chi connectivity index (χ1n) is 8.93. The number of hydrogen-bond acceptors (Lipinski definition) is 4. The van der Waals surface area contributed by atoms with Crippen LogP contribution in [0.15, 0.2) is 48.5 Å². The summed E-state index contributed by atoms with van der Waals surface area (Å²) < 4.78 is 10.6. The number of nitrogens with zero attached hydrogens (tertiary/aromatic N) is 2. The molecule has 0 aliphatic carbocycles. The highest BCUT2D eigenvalue weighted by Crippen LogP contribution is 2.15. The molecule has 3 rings (SSSR count). The molecule has 1 saturated heterocycles. The average molecular weight is 354 g/mol. The summed E-state index contributed by atoms with van der Waals surface area (Å²) in [5.41, 5.74) is 2.97. The summed E-state index contributed by atoms with van der Waals surface area (Å²) in [6, 6.07) is 15.7. The quantitative estimate of drug-likeness (QED) is 0.800. The maximum atomic E-state index is 12.8. The fourth-order valence-corrected chi connectivity index (χ4v) is 3.12. The monoisotopic (exact) mass is 354 g/mol. The topological polar surface area (TPSA) is 42.0 Å². The Kier molecular flexibility index (Phi) is 6.26. The lowest BCUT2D eigenvalue weighted by Crippen LogP contribution is -2.35. The molecule has 1 amide bonds. The molecule has 0 unspecified atom stereocenters. The maximum absolute atomic E-state index is 12.8. The van der Waals surface area contributed by atoms with Gasteiger partial charge in [0.15, 0.2) is 0 Å². The van der Waals surface area contributed by atoms with Crippen LogP contribution in [-0.2, 0) is 17.8 Å². The van der Waals surface area contributed by atoms with E-state index in [2.05, 4.69) is 11.0 Å². The van der Waals surface area contributed by atoms with Crippen molar-refractivity contribution < 1.29 is 14.3 Å². The van der Waals surface area contributed by atoms with E-state index in [4.69, 9.17) is 9.47 Å². The van der Waals surface area contributed by atoms with Gasteiger partial charge in [0.1, 0.15) is 5.75 Å². The van der Waals surface area contributed by atoms with E-state index in [0.717, 1.165) is 55.3 Å². The number of rotatable bonds is 6. The van der Waals surface area contributed by atoms with Gasteiger partial charge in [0.05, 0.1) is 20.3 Å². The smallest absolute Gasteiger partial charge is 0.253 e. The summed E-state index contributed by atoms with van der Waals surface area (Å²) in [7, 11) is 3.48. The summed E-state index contributed by atoms with van der Waals surface area (Å²) in [4.78, 5) is 16.9. The number of morpholine rings is 1. The molecule has 26 heavy (non-hydrogen) atoms. The van der Waals surface area contributed by atoms with Gasteiger partial charge in [-0.05, 0) is 35.4 Å². The van der Waals surface area contributed by atoms with E-state index in [1.807, 2.05) is 49.5 Å². The Morgan fingerprint density at radius 3 is 2.54 bits per heavy atom. The first-order chi connectivity index (χ1) is 12.7. The predicted octanol–water partition coefficient (Wildman–Crippen LogP) is 2.80. The van der Waals surface area contributed by atoms with Crippen LogP contribution in [0.5, 0.6) is 5.75 Å². The number of methoxy groups -OCH3 is 1. The zero-order valence-electron chi connectivity index (χ0n) is 15.5. The van der Waals surface area contributed by atoms with E-state index in [0.29, 0.717) is 6.54 Å². The van der Waals surface area contributed by atoms with Gasteiger partial charge in [-0.25, -0.2) is 0 Å². The van der Waals surface area contributed by atoms with Gasteiger partial charge in [-0.15, -0.1) is 0 Å². The summed E-state index contributed by atoms with van der Waals surface area (Å²) in [6.45, 7) is 4.86. The number of amides is 1. The molecule has 0 saturated carbocycles. The number of carbonyl (C=O) groups excluding carboxylic acids is 1. The highest BCUT2D eigenvalue weighted by atomic mass is 16.5. The largest absolute Gasteiger partial charge is 0.497 e. The molecule has 2 aromatic carbocycles. The third kappa shape index (κ3) is 4.84. The fourth-order valence-electron chi connectivity index (χ4n) is 3.12. The zero-order chi connectivity index (χ0) is 18.4. The van der Waals surface area contributed by atoms with E-state index in [1.165, 1.54) is 0 Å². The summed E-state index contributed by atoms with van der Waals surface area (Å²) in [6.07, 6.45) is 0. The lowest BCUT2D eigenvalue weighted by atomic mass is 10.1. The van der Waals surface area contributed by atoms with Crippen LogP contribution in [0.4, 0.5) is 0 Å². The van der Waals surface area contributed by atoms with Crippen LogP contribution in [0.3, 0.4) is 0 Å². The highest BCUT2D eigenvalue weighted by Gasteiger charge is 2.15. The van der Waals surface area contributed by atoms with Crippen molar-refractivity contribution in [3.63, 3.8) is 0 Å². The predicted molar refractivity (Wildman–Crippen MR) is 101 cm³/mol. The lowest BCUT2D eigenvalue weighted by Gasteiger charge is -2.26. The fraction of sp³-hybridized carbons (Fsp3) is 0.381. The first-order valence-corrected chi connectivity index (χ1v) is 8.93. The van der Waals surface area contributed by atoms with Gasteiger partial charge < -0.3 is 14.4 Å². The summed E-state index contributed by atoms with van der Waals surface area (Å²) >= 11 is 0. The van der Waals surface area contributed by atoms with Gasteiger partial charge in [0.25, 0.3) is 5.91 Å². The Balaban J connectivity index is 1.63. The van der Waals surface area contributed by atoms with Crippen LogP contribution in [0.25, 0.3) is 0 Å². The van der Waals surface area contributed by atoms with Crippen molar-refractivity contribution in [3.05, 3.63) is 65.2 Å². The molecule has 0 N–H and O–H groups in total. The van der Waals surface area contributed by atoms with Crippen molar-refractivity contribution in [1.29, 1.82) is 0 Å². The average Bonchev–Trinajstić information content (AvgIpc) is 2.69. The maximum Gasteiger partial charge on any atom is 0.253 e. The number of carbonyl (C=O) groups is 1. The second-order valence-electron chi connectivity index (χ2n) is 6.60. The van der Waals surface area contributed by atoms with Crippen LogP contribution >= 0.6 is 0 Å². The molecule has 0 aromatic heterocycles. The van der Waals surface area contributed by atoms with Gasteiger partial charge in [-0.2, -0.15) is 0 Å². The Morgan fingerprint density at radius 1 is 1.12 bits per heavy atom. The van der Waals surface area contributed by atoms with E-state index >= 15 is 0 Å². The molecule has 5 nitrogen and oxygen atoms in total. The van der Waals surface area contributed by atoms with Crippen molar-refractivity contribution in [2.45, 2.75) is 13.1 Å². The highest BCUT2D eigenvalue weighted by molar-refractivity contribution is 5.94. The normalized spacial score (nSPS) is 14.8. The van der Waals surface area contributed by atoms with Crippen molar-refractivity contribution >= 4 is 5.91 Å². The molecule has 2 aromatic rings. The standard InChI is InChI=1S/C21H26N2O3/c1-22(15-17-6-8-20(25-2)9-7-17)21(24)19-5-3-4-18(14-19)16-23-10-12-26-13-11-23/h3-9,14H,10-13,15-16H2,1-2H3. The molecule has 0 radical (unpaired) electrons. The van der Waals surface area contributed by atoms with Crippen LogP contribution in [0.2, 0.25) is 0 Å². The van der Waals surface area contributed by atoms with Crippen LogP contribution < -0.4 is 4.74 Å². The van der Waals surface area contributed by atoms with E-state index < -0.39 is 0 Å². The molecule has 0 spiro atoms. The molecule has 0 atom stereocenters. The third-order valence-electron chi connectivity index (χ3n) is 4.61. The zero-order valence-corrected chi connectivity index (χ0v) is 15.5. The molecule has 0 bridgehead atoms. The molecule has 1 aliphatic rings. The van der Waals surface area contributed by atoms with Crippen molar-refractivity contribution in [2.24, 2.45) is 0 Å². The Labute approximate surface area is 155 Å². The number of ether oxygens (including phenoxy) is 2. The Bertz CT molecular complexity index is 724. The molecule has 5 heteroatoms. The van der Waals surface area contributed by atoms with Crippen molar-refractivity contribution in [2.75, 3.05) is 40.5 Å². The van der Waals surface area contributed by atoms with Gasteiger partial charge in [0, 0.05) is 38.8 Å². The molecular weight excluding hydrogens is 328 g/mol. The number of hydrogen-bond donors (Lipinski definition) is 0. The minimum atomic E-state index is 0.0321.